The molecule has 29 heavy (non-hydrogen) atoms. The topological polar surface area (TPSA) is 82.3 Å². The number of carbonyl (C=O) groups is 1. The summed E-state index contributed by atoms with van der Waals surface area (Å²) in [5.74, 6) is 0.0508. The molecule has 1 aromatic heterocycles. The molecule has 3 N–H and O–H groups in total. The predicted molar refractivity (Wildman–Crippen MR) is 115 cm³/mol. The van der Waals surface area contributed by atoms with E-state index in [4.69, 9.17) is 4.74 Å². The molecule has 0 spiro atoms. The van der Waals surface area contributed by atoms with E-state index in [1.54, 1.807) is 0 Å². The number of aromatic amines is 1. The van der Waals surface area contributed by atoms with Crippen LogP contribution < -0.4 is 10.6 Å². The van der Waals surface area contributed by atoms with Gasteiger partial charge in [-0.05, 0) is 17.7 Å². The molecule has 7 nitrogen and oxygen atoms in total. The number of hydrogen-bond acceptors (Lipinski definition) is 5. The van der Waals surface area contributed by atoms with Gasteiger partial charge in [-0.3, -0.25) is 14.8 Å². The Hall–Kier alpha value is -2.22. The maximum atomic E-state index is 12.3. The minimum atomic E-state index is 0.0406. The summed E-state index contributed by atoms with van der Waals surface area (Å²) >= 11 is 0. The van der Waals surface area contributed by atoms with E-state index in [1.807, 2.05) is 24.4 Å². The summed E-state index contributed by atoms with van der Waals surface area (Å²) in [5, 5.41) is 13.8. The molecule has 2 heterocycles. The Kier molecular flexibility index (Phi) is 7.41. The van der Waals surface area contributed by atoms with Crippen molar-refractivity contribution >= 4 is 11.6 Å². The van der Waals surface area contributed by atoms with Crippen LogP contribution >= 0.6 is 0 Å². The fourth-order valence-corrected chi connectivity index (χ4v) is 3.50. The number of benzene rings is 1. The lowest BCUT2D eigenvalue weighted by atomic mass is 9.89. The maximum Gasteiger partial charge on any atom is 0.225 e. The summed E-state index contributed by atoms with van der Waals surface area (Å²) in [4.78, 5) is 14.5. The van der Waals surface area contributed by atoms with Crippen LogP contribution in [0.25, 0.3) is 0 Å². The number of morpholine rings is 1. The van der Waals surface area contributed by atoms with Crippen molar-refractivity contribution < 1.29 is 9.53 Å². The summed E-state index contributed by atoms with van der Waals surface area (Å²) in [5.41, 5.74) is 4.36. The number of aromatic nitrogens is 2. The molecule has 1 aromatic carbocycles. The molecular weight excluding hydrogens is 366 g/mol. The Morgan fingerprint density at radius 2 is 2.03 bits per heavy atom. The molecule has 7 heteroatoms. The van der Waals surface area contributed by atoms with E-state index in [0.717, 1.165) is 62.9 Å². The monoisotopic (exact) mass is 399 g/mol. The first-order valence-corrected chi connectivity index (χ1v) is 10.3. The first kappa shape index (κ1) is 21.5. The van der Waals surface area contributed by atoms with Crippen molar-refractivity contribution in [1.82, 2.24) is 20.4 Å². The highest BCUT2D eigenvalue weighted by Gasteiger charge is 2.19. The number of amides is 1. The maximum absolute atomic E-state index is 12.3. The SMILES string of the molecule is CC(C)(C)c1[nH]ncc1CNCc1cccc(NC(=O)CCN2CCOCC2)c1. The lowest BCUT2D eigenvalue weighted by molar-refractivity contribution is -0.116. The van der Waals surface area contributed by atoms with Gasteiger partial charge in [0.15, 0.2) is 0 Å². The van der Waals surface area contributed by atoms with Crippen LogP contribution in [-0.4, -0.2) is 53.9 Å². The van der Waals surface area contributed by atoms with E-state index in [9.17, 15) is 4.79 Å². The van der Waals surface area contributed by atoms with Crippen LogP contribution in [0, 0.1) is 0 Å². The number of nitrogens with one attached hydrogen (secondary N) is 3. The average molecular weight is 400 g/mol. The Morgan fingerprint density at radius 3 is 2.79 bits per heavy atom. The molecule has 2 aromatic rings. The third kappa shape index (κ3) is 6.66. The van der Waals surface area contributed by atoms with Gasteiger partial charge in [0.05, 0.1) is 19.4 Å². The minimum absolute atomic E-state index is 0.0406. The standard InChI is InChI=1S/C22H33N5O2/c1-22(2,3)21-18(16-24-26-21)15-23-14-17-5-4-6-19(13-17)25-20(28)7-8-27-9-11-29-12-10-27/h4-6,13,16,23H,7-12,14-15H2,1-3H3,(H,24,26)(H,25,28). The number of H-pyrrole nitrogens is 1. The number of nitrogens with zero attached hydrogens (tertiary/aromatic N) is 2. The zero-order chi connectivity index (χ0) is 20.7. The van der Waals surface area contributed by atoms with Crippen molar-refractivity contribution in [2.75, 3.05) is 38.2 Å². The van der Waals surface area contributed by atoms with Gasteiger partial charge in [-0.15, -0.1) is 0 Å². The lowest BCUT2D eigenvalue weighted by Gasteiger charge is -2.26. The number of carbonyl (C=O) groups excluding carboxylic acids is 1. The van der Waals surface area contributed by atoms with E-state index < -0.39 is 0 Å². The summed E-state index contributed by atoms with van der Waals surface area (Å²) in [6.07, 6.45) is 2.39. The van der Waals surface area contributed by atoms with Gasteiger partial charge < -0.3 is 15.4 Å². The van der Waals surface area contributed by atoms with Gasteiger partial charge in [0.2, 0.25) is 5.91 Å². The van der Waals surface area contributed by atoms with Crippen LogP contribution in [0.3, 0.4) is 0 Å². The molecule has 158 valence electrons. The molecule has 1 amide bonds. The fraction of sp³-hybridized carbons (Fsp3) is 0.545. The highest BCUT2D eigenvalue weighted by molar-refractivity contribution is 5.90. The van der Waals surface area contributed by atoms with Crippen molar-refractivity contribution in [3.63, 3.8) is 0 Å². The molecule has 0 atom stereocenters. The molecule has 0 aliphatic carbocycles. The van der Waals surface area contributed by atoms with Gasteiger partial charge >= 0.3 is 0 Å². The van der Waals surface area contributed by atoms with E-state index >= 15 is 0 Å². The second-order valence-corrected chi connectivity index (χ2v) is 8.58. The third-order valence-electron chi connectivity index (χ3n) is 5.08. The molecule has 1 saturated heterocycles. The zero-order valence-corrected chi connectivity index (χ0v) is 17.8. The third-order valence-corrected chi connectivity index (χ3v) is 5.08. The fourth-order valence-electron chi connectivity index (χ4n) is 3.50. The summed E-state index contributed by atoms with van der Waals surface area (Å²) in [6.45, 7) is 12.1. The highest BCUT2D eigenvalue weighted by Crippen LogP contribution is 2.23. The van der Waals surface area contributed by atoms with E-state index in [-0.39, 0.29) is 11.3 Å². The molecule has 1 fully saturated rings. The normalized spacial score (nSPS) is 15.4. The van der Waals surface area contributed by atoms with E-state index in [0.29, 0.717) is 6.42 Å². The number of hydrogen-bond donors (Lipinski definition) is 3. The predicted octanol–water partition coefficient (Wildman–Crippen LogP) is 2.66. The second kappa shape index (κ2) is 10.0. The first-order chi connectivity index (χ1) is 13.9. The molecule has 1 aliphatic rings. The quantitative estimate of drug-likeness (QED) is 0.636. The van der Waals surface area contributed by atoms with Crippen molar-refractivity contribution in [2.45, 2.75) is 45.7 Å². The summed E-state index contributed by atoms with van der Waals surface area (Å²) in [6, 6.07) is 8.01. The molecule has 0 radical (unpaired) electrons. The molecule has 0 unspecified atom stereocenters. The van der Waals surface area contributed by atoms with Crippen molar-refractivity contribution in [2.24, 2.45) is 0 Å². The van der Waals surface area contributed by atoms with Crippen LogP contribution in [0.1, 0.15) is 44.0 Å². The zero-order valence-electron chi connectivity index (χ0n) is 17.8. The van der Waals surface area contributed by atoms with Crippen LogP contribution in [0.5, 0.6) is 0 Å². The van der Waals surface area contributed by atoms with Gasteiger partial charge in [-0.1, -0.05) is 32.9 Å². The van der Waals surface area contributed by atoms with Gasteiger partial charge in [-0.2, -0.15) is 5.10 Å². The first-order valence-electron chi connectivity index (χ1n) is 10.3. The van der Waals surface area contributed by atoms with Crippen molar-refractivity contribution in [3.8, 4) is 0 Å². The van der Waals surface area contributed by atoms with Crippen molar-refractivity contribution in [1.29, 1.82) is 0 Å². The van der Waals surface area contributed by atoms with Crippen LogP contribution in [-0.2, 0) is 28.0 Å². The van der Waals surface area contributed by atoms with Crippen LogP contribution in [0.4, 0.5) is 5.69 Å². The lowest BCUT2D eigenvalue weighted by Crippen LogP contribution is -2.38. The number of ether oxygens (including phenoxy) is 1. The highest BCUT2D eigenvalue weighted by atomic mass is 16.5. The van der Waals surface area contributed by atoms with Gasteiger partial charge in [0, 0.05) is 61.5 Å². The van der Waals surface area contributed by atoms with Gasteiger partial charge in [0.25, 0.3) is 0 Å². The largest absolute Gasteiger partial charge is 0.379 e. The van der Waals surface area contributed by atoms with Crippen LogP contribution in [0.15, 0.2) is 30.5 Å². The number of rotatable bonds is 8. The van der Waals surface area contributed by atoms with Gasteiger partial charge in [0.1, 0.15) is 0 Å². The molecular formula is C22H33N5O2. The second-order valence-electron chi connectivity index (χ2n) is 8.58. The van der Waals surface area contributed by atoms with E-state index in [1.165, 1.54) is 5.56 Å². The molecule has 0 bridgehead atoms. The Labute approximate surface area is 173 Å². The smallest absolute Gasteiger partial charge is 0.225 e. The molecule has 3 rings (SSSR count). The van der Waals surface area contributed by atoms with E-state index in [2.05, 4.69) is 52.6 Å². The van der Waals surface area contributed by atoms with Crippen molar-refractivity contribution in [3.05, 3.63) is 47.3 Å². The minimum Gasteiger partial charge on any atom is -0.379 e. The molecule has 0 saturated carbocycles. The Bertz CT molecular complexity index is 790. The van der Waals surface area contributed by atoms with Crippen LogP contribution in [0.2, 0.25) is 0 Å². The number of anilines is 1. The Morgan fingerprint density at radius 1 is 1.24 bits per heavy atom. The van der Waals surface area contributed by atoms with Gasteiger partial charge in [-0.25, -0.2) is 0 Å². The Balaban J connectivity index is 1.45. The average Bonchev–Trinajstić information content (AvgIpc) is 3.17. The summed E-state index contributed by atoms with van der Waals surface area (Å²) in [7, 11) is 0. The summed E-state index contributed by atoms with van der Waals surface area (Å²) < 4.78 is 5.34. The molecule has 1 aliphatic heterocycles.